The highest BCUT2D eigenvalue weighted by atomic mass is 32.1. The maximum atomic E-state index is 13.6. The average Bonchev–Trinajstić information content (AvgIpc) is 3.42. The molecule has 1 fully saturated rings. The largest absolute Gasteiger partial charge is 0.492 e. The van der Waals surface area contributed by atoms with Crippen LogP contribution in [0, 0.1) is 5.82 Å². The first kappa shape index (κ1) is 19.2. The van der Waals surface area contributed by atoms with E-state index in [2.05, 4.69) is 15.0 Å². The number of thiazole rings is 1. The molecule has 3 atom stereocenters. The third-order valence-electron chi connectivity index (χ3n) is 5.19. The summed E-state index contributed by atoms with van der Waals surface area (Å²) in [5.41, 5.74) is 0.892. The molecule has 4 aromatic rings. The van der Waals surface area contributed by atoms with Crippen LogP contribution >= 0.6 is 11.3 Å². The van der Waals surface area contributed by atoms with Gasteiger partial charge in [-0.05, 0) is 43.7 Å². The van der Waals surface area contributed by atoms with Crippen molar-refractivity contribution in [2.45, 2.75) is 32.1 Å². The van der Waals surface area contributed by atoms with Gasteiger partial charge < -0.3 is 14.3 Å². The first-order chi connectivity index (χ1) is 14.5. The maximum Gasteiger partial charge on any atom is 0.230 e. The number of aromatic nitrogens is 3. The van der Waals surface area contributed by atoms with E-state index in [9.17, 15) is 9.50 Å². The van der Waals surface area contributed by atoms with Crippen LogP contribution < -0.4 is 0 Å². The second-order valence-electron chi connectivity index (χ2n) is 7.56. The average molecular weight is 428 g/mol. The van der Waals surface area contributed by atoms with Crippen LogP contribution in [0.25, 0.3) is 16.5 Å². The molecule has 156 valence electrons. The Kier molecular flexibility index (Phi) is 4.80. The van der Waals surface area contributed by atoms with Crippen LogP contribution in [-0.4, -0.2) is 49.9 Å². The molecule has 5 rings (SSSR count). The van der Waals surface area contributed by atoms with E-state index in [4.69, 9.17) is 9.15 Å². The highest BCUT2D eigenvalue weighted by Crippen LogP contribution is 2.41. The van der Waals surface area contributed by atoms with Crippen LogP contribution in [-0.2, 0) is 4.74 Å². The fourth-order valence-electron chi connectivity index (χ4n) is 4.04. The lowest BCUT2D eigenvalue weighted by Gasteiger charge is -2.40. The molecule has 0 saturated carbocycles. The second kappa shape index (κ2) is 7.50. The monoisotopic (exact) mass is 428 g/mol. The van der Waals surface area contributed by atoms with Crippen molar-refractivity contribution in [2.75, 3.05) is 13.1 Å². The van der Waals surface area contributed by atoms with Gasteiger partial charge in [0.05, 0.1) is 29.4 Å². The Morgan fingerprint density at radius 1 is 1.17 bits per heavy atom. The van der Waals surface area contributed by atoms with E-state index in [-0.39, 0.29) is 29.9 Å². The molecular weight excluding hydrogens is 407 g/mol. The van der Waals surface area contributed by atoms with Crippen molar-refractivity contribution in [1.29, 1.82) is 0 Å². The summed E-state index contributed by atoms with van der Waals surface area (Å²) in [6.45, 7) is 5.44. The molecule has 3 aromatic heterocycles. The number of aromatic hydroxyl groups is 1. The van der Waals surface area contributed by atoms with Crippen LogP contribution in [0.5, 0.6) is 5.88 Å². The van der Waals surface area contributed by atoms with Gasteiger partial charge in [0.2, 0.25) is 16.7 Å². The number of halogens is 1. The van der Waals surface area contributed by atoms with Gasteiger partial charge in [-0.15, -0.1) is 5.10 Å². The van der Waals surface area contributed by atoms with Crippen LogP contribution in [0.2, 0.25) is 0 Å². The van der Waals surface area contributed by atoms with Gasteiger partial charge >= 0.3 is 0 Å². The van der Waals surface area contributed by atoms with Crippen molar-refractivity contribution in [3.05, 3.63) is 58.9 Å². The zero-order valence-electron chi connectivity index (χ0n) is 16.5. The Hall–Kier alpha value is -2.75. The second-order valence-corrected chi connectivity index (χ2v) is 8.57. The van der Waals surface area contributed by atoms with Gasteiger partial charge in [0.25, 0.3) is 0 Å². The van der Waals surface area contributed by atoms with Gasteiger partial charge in [-0.3, -0.25) is 4.90 Å². The van der Waals surface area contributed by atoms with Crippen molar-refractivity contribution < 1.29 is 18.7 Å². The van der Waals surface area contributed by atoms with Crippen LogP contribution in [0.1, 0.15) is 30.3 Å². The predicted octanol–water partition coefficient (Wildman–Crippen LogP) is 4.09. The molecule has 7 nitrogen and oxygen atoms in total. The van der Waals surface area contributed by atoms with E-state index in [1.165, 1.54) is 28.0 Å². The smallest absolute Gasteiger partial charge is 0.230 e. The van der Waals surface area contributed by atoms with E-state index in [1.54, 1.807) is 30.5 Å². The normalized spacial score (nSPS) is 21.3. The summed E-state index contributed by atoms with van der Waals surface area (Å²) in [5, 5.41) is 15.5. The number of fused-ring (bicyclic) bond motifs is 1. The summed E-state index contributed by atoms with van der Waals surface area (Å²) >= 11 is 1.37. The number of hydrogen-bond acceptors (Lipinski definition) is 7. The lowest BCUT2D eigenvalue weighted by Crippen LogP contribution is -2.47. The molecule has 1 aliphatic heterocycles. The van der Waals surface area contributed by atoms with Gasteiger partial charge in [-0.25, -0.2) is 4.39 Å². The topological polar surface area (TPSA) is 76.0 Å². The number of benzene rings is 1. The number of hydrogen-bond donors (Lipinski definition) is 1. The van der Waals surface area contributed by atoms with Gasteiger partial charge in [0.15, 0.2) is 5.76 Å². The molecule has 0 unspecified atom stereocenters. The molecule has 0 spiro atoms. The fraction of sp³-hybridized carbons (Fsp3) is 0.333. The van der Waals surface area contributed by atoms with Gasteiger partial charge in [0, 0.05) is 13.1 Å². The van der Waals surface area contributed by atoms with E-state index >= 15 is 0 Å². The SMILES string of the molecule is C[C@@H]1CN([C@@H](c2ccc(F)cc2)c2sc3nc(-c4ccco4)nn3c2O)C[C@H](C)O1. The summed E-state index contributed by atoms with van der Waals surface area (Å²) in [6, 6.07) is 9.68. The molecule has 1 N–H and O–H groups in total. The van der Waals surface area contributed by atoms with Crippen molar-refractivity contribution in [1.82, 2.24) is 19.5 Å². The standard InChI is InChI=1S/C21H21FN4O3S/c1-12-10-25(11-13(2)29-12)17(14-5-7-15(22)8-6-14)18-20(27)26-21(30-18)23-19(24-26)16-4-3-9-28-16/h3-9,12-13,17,27H,10-11H2,1-2H3/t12-,13+,17-/m0/s1. The Morgan fingerprint density at radius 2 is 1.90 bits per heavy atom. The number of ether oxygens (including phenoxy) is 1. The summed E-state index contributed by atoms with van der Waals surface area (Å²) in [6.07, 6.45) is 1.65. The zero-order valence-corrected chi connectivity index (χ0v) is 17.3. The van der Waals surface area contributed by atoms with E-state index in [0.717, 1.165) is 5.56 Å². The molecule has 0 aliphatic carbocycles. The van der Waals surface area contributed by atoms with Gasteiger partial charge in [-0.1, -0.05) is 23.5 Å². The van der Waals surface area contributed by atoms with Crippen LogP contribution in [0.15, 0.2) is 47.1 Å². The highest BCUT2D eigenvalue weighted by Gasteiger charge is 2.34. The minimum Gasteiger partial charge on any atom is -0.492 e. The first-order valence-corrected chi connectivity index (χ1v) is 10.6. The third-order valence-corrected chi connectivity index (χ3v) is 6.26. The predicted molar refractivity (Wildman–Crippen MR) is 110 cm³/mol. The Bertz CT molecular complexity index is 1150. The lowest BCUT2D eigenvalue weighted by molar-refractivity contribution is -0.0764. The van der Waals surface area contributed by atoms with Crippen LogP contribution in [0.4, 0.5) is 4.39 Å². The fourth-order valence-corrected chi connectivity index (χ4v) is 5.16. The minimum absolute atomic E-state index is 0.0291. The number of morpholine rings is 1. The Labute approximate surface area is 176 Å². The van der Waals surface area contributed by atoms with Gasteiger partial charge in [-0.2, -0.15) is 9.50 Å². The van der Waals surface area contributed by atoms with Crippen molar-refractivity contribution >= 4 is 16.3 Å². The summed E-state index contributed by atoms with van der Waals surface area (Å²) in [5.74, 6) is 0.690. The first-order valence-electron chi connectivity index (χ1n) is 9.77. The maximum absolute atomic E-state index is 13.6. The highest BCUT2D eigenvalue weighted by molar-refractivity contribution is 7.17. The molecule has 0 bridgehead atoms. The molecule has 1 aliphatic rings. The van der Waals surface area contributed by atoms with E-state index < -0.39 is 0 Å². The Morgan fingerprint density at radius 3 is 2.53 bits per heavy atom. The summed E-state index contributed by atoms with van der Waals surface area (Å²) < 4.78 is 26.3. The summed E-state index contributed by atoms with van der Waals surface area (Å²) in [7, 11) is 0. The lowest BCUT2D eigenvalue weighted by atomic mass is 10.0. The Balaban J connectivity index is 1.60. The summed E-state index contributed by atoms with van der Waals surface area (Å²) in [4.78, 5) is 8.05. The third kappa shape index (κ3) is 3.38. The number of rotatable bonds is 4. The van der Waals surface area contributed by atoms with Crippen molar-refractivity contribution in [3.63, 3.8) is 0 Å². The molecule has 1 aromatic carbocycles. The molecule has 0 radical (unpaired) electrons. The molecular formula is C21H21FN4O3S. The quantitative estimate of drug-likeness (QED) is 0.528. The molecule has 9 heteroatoms. The van der Waals surface area contributed by atoms with Crippen LogP contribution in [0.3, 0.4) is 0 Å². The number of nitrogens with zero attached hydrogens (tertiary/aromatic N) is 4. The van der Waals surface area contributed by atoms with Gasteiger partial charge in [0.1, 0.15) is 5.82 Å². The number of furan rings is 1. The molecule has 0 amide bonds. The molecule has 4 heterocycles. The molecule has 1 saturated heterocycles. The zero-order chi connectivity index (χ0) is 20.8. The minimum atomic E-state index is -0.295. The van der Waals surface area contributed by atoms with E-state index in [1.807, 2.05) is 13.8 Å². The van der Waals surface area contributed by atoms with E-state index in [0.29, 0.717) is 34.5 Å². The van der Waals surface area contributed by atoms with Crippen molar-refractivity contribution in [3.8, 4) is 17.5 Å². The molecule has 30 heavy (non-hydrogen) atoms. The van der Waals surface area contributed by atoms with Crippen molar-refractivity contribution in [2.24, 2.45) is 0 Å².